The molecule has 2 rings (SSSR count). The van der Waals surface area contributed by atoms with Gasteiger partial charge >= 0.3 is 0 Å². The molecule has 0 aliphatic carbocycles. The molecule has 0 radical (unpaired) electrons. The van der Waals surface area contributed by atoms with Gasteiger partial charge in [0.25, 0.3) is 0 Å². The van der Waals surface area contributed by atoms with Crippen LogP contribution >= 0.6 is 0 Å². The van der Waals surface area contributed by atoms with E-state index in [0.29, 0.717) is 18.8 Å². The predicted molar refractivity (Wildman–Crippen MR) is 83.8 cm³/mol. The first-order valence-electron chi connectivity index (χ1n) is 7.63. The van der Waals surface area contributed by atoms with Crippen LogP contribution in [0.3, 0.4) is 0 Å². The van der Waals surface area contributed by atoms with Crippen molar-refractivity contribution in [2.45, 2.75) is 33.6 Å². The van der Waals surface area contributed by atoms with Crippen molar-refractivity contribution in [1.82, 2.24) is 4.90 Å². The molecule has 1 aromatic carbocycles. The van der Waals surface area contributed by atoms with Gasteiger partial charge < -0.3 is 10.2 Å². The Morgan fingerprint density at radius 1 is 1.32 bits per heavy atom. The third-order valence-electron chi connectivity index (χ3n) is 3.81. The van der Waals surface area contributed by atoms with Crippen molar-refractivity contribution in [1.29, 1.82) is 0 Å². The molecule has 1 heterocycles. The van der Waals surface area contributed by atoms with E-state index in [0.717, 1.165) is 12.8 Å². The van der Waals surface area contributed by atoms with E-state index in [1.807, 2.05) is 20.8 Å². The number of hydrogen-bond donors (Lipinski definition) is 1. The maximum absolute atomic E-state index is 13.2. The molecule has 1 fully saturated rings. The number of amides is 2. The molecule has 1 aromatic rings. The molecule has 0 aromatic heterocycles. The van der Waals surface area contributed by atoms with Gasteiger partial charge in [0.2, 0.25) is 11.8 Å². The van der Waals surface area contributed by atoms with E-state index in [2.05, 4.69) is 5.32 Å². The normalized spacial score (nSPS) is 18.9. The molecule has 1 N–H and O–H groups in total. The fraction of sp³-hybridized carbons (Fsp3) is 0.529. The SMILES string of the molecule is CC(C)(C)C(=O)N1CCCC(C(=O)Nc2cccc(F)c2)C1. The van der Waals surface area contributed by atoms with Crippen molar-refractivity contribution >= 4 is 17.5 Å². The van der Waals surface area contributed by atoms with Crippen molar-refractivity contribution in [3.63, 3.8) is 0 Å². The van der Waals surface area contributed by atoms with Crippen LogP contribution in [0.1, 0.15) is 33.6 Å². The monoisotopic (exact) mass is 306 g/mol. The largest absolute Gasteiger partial charge is 0.341 e. The molecule has 1 saturated heterocycles. The van der Waals surface area contributed by atoms with Crippen molar-refractivity contribution in [2.24, 2.45) is 11.3 Å². The zero-order valence-electron chi connectivity index (χ0n) is 13.4. The quantitative estimate of drug-likeness (QED) is 0.913. The molecule has 1 aliphatic heterocycles. The summed E-state index contributed by atoms with van der Waals surface area (Å²) in [5, 5.41) is 2.73. The highest BCUT2D eigenvalue weighted by molar-refractivity contribution is 5.93. The van der Waals surface area contributed by atoms with E-state index in [-0.39, 0.29) is 23.5 Å². The Morgan fingerprint density at radius 3 is 2.68 bits per heavy atom. The standard InChI is InChI=1S/C17H23FN2O2/c1-17(2,3)16(22)20-9-5-6-12(11-20)15(21)19-14-8-4-7-13(18)10-14/h4,7-8,10,12H,5-6,9,11H2,1-3H3,(H,19,21). The van der Waals surface area contributed by atoms with Gasteiger partial charge in [-0.15, -0.1) is 0 Å². The Labute approximate surface area is 130 Å². The average molecular weight is 306 g/mol. The van der Waals surface area contributed by atoms with Gasteiger partial charge in [-0.25, -0.2) is 4.39 Å². The number of hydrogen-bond acceptors (Lipinski definition) is 2. The molecule has 1 unspecified atom stereocenters. The number of likely N-dealkylation sites (tertiary alicyclic amines) is 1. The van der Waals surface area contributed by atoms with Crippen molar-refractivity contribution in [3.05, 3.63) is 30.1 Å². The molecule has 1 aliphatic rings. The molecular weight excluding hydrogens is 283 g/mol. The van der Waals surface area contributed by atoms with E-state index in [1.165, 1.54) is 12.1 Å². The number of nitrogens with zero attached hydrogens (tertiary/aromatic N) is 1. The maximum atomic E-state index is 13.2. The van der Waals surface area contributed by atoms with Crippen LogP contribution in [0.5, 0.6) is 0 Å². The number of anilines is 1. The molecule has 0 spiro atoms. The van der Waals surface area contributed by atoms with Crippen LogP contribution in [-0.2, 0) is 9.59 Å². The zero-order valence-corrected chi connectivity index (χ0v) is 13.4. The second kappa shape index (κ2) is 6.46. The summed E-state index contributed by atoms with van der Waals surface area (Å²) in [5.41, 5.74) is 0.00487. The van der Waals surface area contributed by atoms with E-state index in [1.54, 1.807) is 17.0 Å². The number of carbonyl (C=O) groups excluding carboxylic acids is 2. The third-order valence-corrected chi connectivity index (χ3v) is 3.81. The molecule has 120 valence electrons. The van der Waals surface area contributed by atoms with E-state index < -0.39 is 5.41 Å². The van der Waals surface area contributed by atoms with Gasteiger partial charge in [-0.3, -0.25) is 9.59 Å². The zero-order chi connectivity index (χ0) is 16.3. The van der Waals surface area contributed by atoms with Crippen LogP contribution in [-0.4, -0.2) is 29.8 Å². The van der Waals surface area contributed by atoms with E-state index >= 15 is 0 Å². The Kier molecular flexibility index (Phi) is 4.84. The van der Waals surface area contributed by atoms with Gasteiger partial charge in [0.15, 0.2) is 0 Å². The lowest BCUT2D eigenvalue weighted by Gasteiger charge is -2.35. The fourth-order valence-corrected chi connectivity index (χ4v) is 2.66. The highest BCUT2D eigenvalue weighted by Gasteiger charge is 2.33. The fourth-order valence-electron chi connectivity index (χ4n) is 2.66. The first-order valence-corrected chi connectivity index (χ1v) is 7.63. The van der Waals surface area contributed by atoms with Gasteiger partial charge in [-0.2, -0.15) is 0 Å². The van der Waals surface area contributed by atoms with Crippen LogP contribution in [0, 0.1) is 17.2 Å². The Balaban J connectivity index is 2.00. The second-order valence-electron chi connectivity index (χ2n) is 6.84. The van der Waals surface area contributed by atoms with Gasteiger partial charge in [0.05, 0.1) is 5.92 Å². The van der Waals surface area contributed by atoms with Gasteiger partial charge in [0.1, 0.15) is 5.82 Å². The lowest BCUT2D eigenvalue weighted by molar-refractivity contribution is -0.142. The number of benzene rings is 1. The summed E-state index contributed by atoms with van der Waals surface area (Å²) < 4.78 is 13.2. The number of carbonyl (C=O) groups is 2. The van der Waals surface area contributed by atoms with Crippen molar-refractivity contribution < 1.29 is 14.0 Å². The number of piperidine rings is 1. The molecule has 2 amide bonds. The summed E-state index contributed by atoms with van der Waals surface area (Å²) >= 11 is 0. The second-order valence-corrected chi connectivity index (χ2v) is 6.84. The summed E-state index contributed by atoms with van der Waals surface area (Å²) in [6.07, 6.45) is 1.55. The highest BCUT2D eigenvalue weighted by Crippen LogP contribution is 2.24. The molecule has 4 nitrogen and oxygen atoms in total. The van der Waals surface area contributed by atoms with Crippen LogP contribution in [0.2, 0.25) is 0 Å². The third kappa shape index (κ3) is 4.06. The summed E-state index contributed by atoms with van der Waals surface area (Å²) in [4.78, 5) is 26.4. The molecular formula is C17H23FN2O2. The van der Waals surface area contributed by atoms with Crippen LogP contribution in [0.25, 0.3) is 0 Å². The van der Waals surface area contributed by atoms with Crippen molar-refractivity contribution in [2.75, 3.05) is 18.4 Å². The average Bonchev–Trinajstić information content (AvgIpc) is 2.45. The minimum atomic E-state index is -0.444. The lowest BCUT2D eigenvalue weighted by Crippen LogP contribution is -2.47. The lowest BCUT2D eigenvalue weighted by atomic mass is 9.91. The Bertz CT molecular complexity index is 566. The van der Waals surface area contributed by atoms with Gasteiger partial charge in [-0.1, -0.05) is 26.8 Å². The number of rotatable bonds is 2. The maximum Gasteiger partial charge on any atom is 0.229 e. The van der Waals surface area contributed by atoms with Crippen molar-refractivity contribution in [3.8, 4) is 0 Å². The van der Waals surface area contributed by atoms with Gasteiger partial charge in [0, 0.05) is 24.2 Å². The number of halogens is 1. The first-order chi connectivity index (χ1) is 10.3. The predicted octanol–water partition coefficient (Wildman–Crippen LogP) is 3.05. The minimum absolute atomic E-state index is 0.0655. The topological polar surface area (TPSA) is 49.4 Å². The summed E-state index contributed by atoms with van der Waals surface area (Å²) in [6.45, 7) is 6.76. The van der Waals surface area contributed by atoms with Crippen LogP contribution in [0.15, 0.2) is 24.3 Å². The number of nitrogens with one attached hydrogen (secondary N) is 1. The molecule has 0 saturated carbocycles. The van der Waals surface area contributed by atoms with E-state index in [4.69, 9.17) is 0 Å². The minimum Gasteiger partial charge on any atom is -0.341 e. The molecule has 1 atom stereocenters. The summed E-state index contributed by atoms with van der Waals surface area (Å²) in [5.74, 6) is -0.720. The Morgan fingerprint density at radius 2 is 2.05 bits per heavy atom. The summed E-state index contributed by atoms with van der Waals surface area (Å²) in [6, 6.07) is 5.84. The first kappa shape index (κ1) is 16.5. The van der Waals surface area contributed by atoms with Crippen LogP contribution in [0.4, 0.5) is 10.1 Å². The van der Waals surface area contributed by atoms with E-state index in [9.17, 15) is 14.0 Å². The molecule has 22 heavy (non-hydrogen) atoms. The molecule has 5 heteroatoms. The van der Waals surface area contributed by atoms with Crippen LogP contribution < -0.4 is 5.32 Å². The summed E-state index contributed by atoms with van der Waals surface area (Å²) in [7, 11) is 0. The Hall–Kier alpha value is -1.91. The smallest absolute Gasteiger partial charge is 0.229 e. The highest BCUT2D eigenvalue weighted by atomic mass is 19.1. The molecule has 0 bridgehead atoms. The van der Waals surface area contributed by atoms with Gasteiger partial charge in [-0.05, 0) is 31.0 Å².